The molecule has 2 aliphatic heterocycles. The van der Waals surface area contributed by atoms with Gasteiger partial charge in [0.1, 0.15) is 16.0 Å². The summed E-state index contributed by atoms with van der Waals surface area (Å²) >= 11 is 6.40. The van der Waals surface area contributed by atoms with Crippen LogP contribution >= 0.6 is 24.0 Å². The molecule has 1 amide bonds. The molecule has 128 valence electrons. The number of hydrogen-bond acceptors (Lipinski definition) is 5. The molecular weight excluding hydrogens is 354 g/mol. The summed E-state index contributed by atoms with van der Waals surface area (Å²) in [5.74, 6) is -1.58. The van der Waals surface area contributed by atoms with Gasteiger partial charge >= 0.3 is 0 Å². The largest absolute Gasteiger partial charge is 0.379 e. The maximum Gasteiger partial charge on any atom is 0.266 e. The number of nitrogens with zero attached hydrogens (tertiary/aromatic N) is 2. The van der Waals surface area contributed by atoms with Crippen molar-refractivity contribution >= 4 is 40.3 Å². The van der Waals surface area contributed by atoms with Crippen molar-refractivity contribution in [2.75, 3.05) is 39.4 Å². The molecule has 24 heavy (non-hydrogen) atoms. The smallest absolute Gasteiger partial charge is 0.266 e. The minimum atomic E-state index is -0.700. The lowest BCUT2D eigenvalue weighted by molar-refractivity contribution is -0.122. The van der Waals surface area contributed by atoms with Crippen LogP contribution in [0, 0.1) is 11.6 Å². The lowest BCUT2D eigenvalue weighted by atomic mass is 10.2. The van der Waals surface area contributed by atoms with Gasteiger partial charge in [0.25, 0.3) is 5.91 Å². The van der Waals surface area contributed by atoms with E-state index >= 15 is 0 Å². The zero-order valence-corrected chi connectivity index (χ0v) is 14.5. The molecular formula is C16H16F2N2O2S2. The molecule has 8 heteroatoms. The predicted molar refractivity (Wildman–Crippen MR) is 93.5 cm³/mol. The molecule has 2 saturated heterocycles. The first-order valence-electron chi connectivity index (χ1n) is 7.55. The molecule has 1 aromatic carbocycles. The summed E-state index contributed by atoms with van der Waals surface area (Å²) in [5, 5.41) is 0. The van der Waals surface area contributed by atoms with E-state index in [2.05, 4.69) is 4.90 Å². The lowest BCUT2D eigenvalue weighted by Gasteiger charge is -2.28. The molecule has 2 fully saturated rings. The average Bonchev–Trinajstić information content (AvgIpc) is 2.83. The van der Waals surface area contributed by atoms with E-state index < -0.39 is 11.6 Å². The van der Waals surface area contributed by atoms with Gasteiger partial charge in [-0.25, -0.2) is 8.78 Å². The molecule has 0 bridgehead atoms. The molecule has 0 saturated carbocycles. The van der Waals surface area contributed by atoms with E-state index in [-0.39, 0.29) is 11.5 Å². The van der Waals surface area contributed by atoms with Crippen LogP contribution in [0.15, 0.2) is 23.1 Å². The van der Waals surface area contributed by atoms with Gasteiger partial charge in [-0.2, -0.15) is 0 Å². The van der Waals surface area contributed by atoms with Crippen LogP contribution in [0.25, 0.3) is 6.08 Å². The summed E-state index contributed by atoms with van der Waals surface area (Å²) in [5.41, 5.74) is 0.171. The second-order valence-corrected chi connectivity index (χ2v) is 7.13. The SMILES string of the molecule is O=C1/C(=C/c2ccc(F)cc2F)SC(=S)N1CCN1CCOCC1. The molecule has 0 aliphatic carbocycles. The van der Waals surface area contributed by atoms with E-state index in [9.17, 15) is 13.6 Å². The van der Waals surface area contributed by atoms with Crippen molar-refractivity contribution in [2.45, 2.75) is 0 Å². The van der Waals surface area contributed by atoms with Gasteiger partial charge in [-0.3, -0.25) is 14.6 Å². The van der Waals surface area contributed by atoms with Crippen LogP contribution in [0.4, 0.5) is 8.78 Å². The van der Waals surface area contributed by atoms with Crippen LogP contribution in [0.5, 0.6) is 0 Å². The summed E-state index contributed by atoms with van der Waals surface area (Å²) in [6, 6.07) is 3.27. The molecule has 0 N–H and O–H groups in total. The van der Waals surface area contributed by atoms with Crippen molar-refractivity contribution in [2.24, 2.45) is 0 Å². The Morgan fingerprint density at radius 3 is 2.71 bits per heavy atom. The predicted octanol–water partition coefficient (Wildman–Crippen LogP) is 2.50. The first-order chi connectivity index (χ1) is 11.5. The normalized spacial score (nSPS) is 21.1. The van der Waals surface area contributed by atoms with Crippen molar-refractivity contribution in [3.63, 3.8) is 0 Å². The first-order valence-corrected chi connectivity index (χ1v) is 8.77. The Labute approximate surface area is 148 Å². The van der Waals surface area contributed by atoms with E-state index in [1.807, 2.05) is 0 Å². The maximum absolute atomic E-state index is 13.7. The van der Waals surface area contributed by atoms with Gasteiger partial charge in [0.05, 0.1) is 18.1 Å². The van der Waals surface area contributed by atoms with Gasteiger partial charge < -0.3 is 4.74 Å². The highest BCUT2D eigenvalue weighted by Gasteiger charge is 2.32. The number of rotatable bonds is 4. The summed E-state index contributed by atoms with van der Waals surface area (Å²) < 4.78 is 32.5. The third kappa shape index (κ3) is 4.00. The highest BCUT2D eigenvalue weighted by atomic mass is 32.2. The van der Waals surface area contributed by atoms with Crippen molar-refractivity contribution in [3.8, 4) is 0 Å². The molecule has 2 heterocycles. The Hall–Kier alpha value is -1.35. The monoisotopic (exact) mass is 370 g/mol. The standard InChI is InChI=1S/C16H16F2N2O2S2/c17-12-2-1-11(13(18)10-12)9-14-15(21)20(16(23)24-14)4-3-19-5-7-22-8-6-19/h1-2,9-10H,3-8H2/b14-9-. The zero-order chi connectivity index (χ0) is 17.1. The Balaban J connectivity index is 1.67. The Kier molecular flexibility index (Phi) is 5.60. The fourth-order valence-electron chi connectivity index (χ4n) is 2.52. The molecule has 4 nitrogen and oxygen atoms in total. The second-order valence-electron chi connectivity index (χ2n) is 5.45. The van der Waals surface area contributed by atoms with Gasteiger partial charge in [0.15, 0.2) is 0 Å². The van der Waals surface area contributed by atoms with E-state index in [1.54, 1.807) is 0 Å². The number of thioether (sulfide) groups is 1. The molecule has 0 spiro atoms. The zero-order valence-electron chi connectivity index (χ0n) is 12.8. The second kappa shape index (κ2) is 7.69. The quantitative estimate of drug-likeness (QED) is 0.601. The molecule has 0 atom stereocenters. The highest BCUT2D eigenvalue weighted by molar-refractivity contribution is 8.26. The van der Waals surface area contributed by atoms with E-state index in [0.29, 0.717) is 35.5 Å². The minimum Gasteiger partial charge on any atom is -0.379 e. The van der Waals surface area contributed by atoms with E-state index in [1.165, 1.54) is 17.0 Å². The van der Waals surface area contributed by atoms with Crippen LogP contribution in [-0.4, -0.2) is 59.4 Å². The fraction of sp³-hybridized carbons (Fsp3) is 0.375. The number of carbonyl (C=O) groups excluding carboxylic acids is 1. The molecule has 1 aromatic rings. The van der Waals surface area contributed by atoms with Crippen LogP contribution in [0.2, 0.25) is 0 Å². The Morgan fingerprint density at radius 1 is 1.25 bits per heavy atom. The van der Waals surface area contributed by atoms with Crippen LogP contribution in [-0.2, 0) is 9.53 Å². The Morgan fingerprint density at radius 2 is 2.00 bits per heavy atom. The van der Waals surface area contributed by atoms with Gasteiger partial charge in [0, 0.05) is 37.8 Å². The van der Waals surface area contributed by atoms with Crippen molar-refractivity contribution in [1.82, 2.24) is 9.80 Å². The van der Waals surface area contributed by atoms with E-state index in [0.717, 1.165) is 37.0 Å². The van der Waals surface area contributed by atoms with Crippen molar-refractivity contribution in [1.29, 1.82) is 0 Å². The van der Waals surface area contributed by atoms with Crippen molar-refractivity contribution in [3.05, 3.63) is 40.3 Å². The van der Waals surface area contributed by atoms with Gasteiger partial charge in [-0.15, -0.1) is 0 Å². The third-order valence-corrected chi connectivity index (χ3v) is 5.24. The first kappa shape index (κ1) is 17.5. The fourth-order valence-corrected chi connectivity index (χ4v) is 3.82. The summed E-state index contributed by atoms with van der Waals surface area (Å²) in [6.07, 6.45) is 1.42. The molecule has 2 aliphatic rings. The topological polar surface area (TPSA) is 32.8 Å². The van der Waals surface area contributed by atoms with Gasteiger partial charge in [0.2, 0.25) is 0 Å². The van der Waals surface area contributed by atoms with E-state index in [4.69, 9.17) is 17.0 Å². The van der Waals surface area contributed by atoms with Gasteiger partial charge in [-0.1, -0.05) is 24.0 Å². The highest BCUT2D eigenvalue weighted by Crippen LogP contribution is 2.32. The molecule has 0 aromatic heterocycles. The number of morpholine rings is 1. The number of amides is 1. The summed E-state index contributed by atoms with van der Waals surface area (Å²) in [4.78, 5) is 16.6. The molecule has 3 rings (SSSR count). The molecule has 0 unspecified atom stereocenters. The van der Waals surface area contributed by atoms with Crippen LogP contribution in [0.3, 0.4) is 0 Å². The number of carbonyl (C=O) groups is 1. The summed E-state index contributed by atoms with van der Waals surface area (Å²) in [6.45, 7) is 4.28. The average molecular weight is 370 g/mol. The van der Waals surface area contributed by atoms with Gasteiger partial charge in [-0.05, 0) is 18.2 Å². The number of halogens is 2. The minimum absolute atomic E-state index is 0.171. The molecule has 0 radical (unpaired) electrons. The van der Waals surface area contributed by atoms with Crippen molar-refractivity contribution < 1.29 is 18.3 Å². The van der Waals surface area contributed by atoms with Crippen LogP contribution in [0.1, 0.15) is 5.56 Å². The number of benzene rings is 1. The number of ether oxygens (including phenoxy) is 1. The van der Waals surface area contributed by atoms with Crippen LogP contribution < -0.4 is 0 Å². The number of hydrogen-bond donors (Lipinski definition) is 0. The Bertz CT molecular complexity index is 691. The maximum atomic E-state index is 13.7. The summed E-state index contributed by atoms with van der Waals surface area (Å²) in [7, 11) is 0. The third-order valence-electron chi connectivity index (χ3n) is 3.87. The number of thiocarbonyl (C=S) groups is 1. The lowest BCUT2D eigenvalue weighted by Crippen LogP contribution is -2.42.